The molecule has 3 aromatic carbocycles. The van der Waals surface area contributed by atoms with Crippen molar-refractivity contribution in [1.29, 1.82) is 0 Å². The maximum atomic E-state index is 14.4. The third kappa shape index (κ3) is 6.37. The minimum atomic E-state index is -0.834. The number of hydrogen-bond donors (Lipinski definition) is 0. The number of methoxy groups -OCH3 is 1. The van der Waals surface area contributed by atoms with Gasteiger partial charge in [0.15, 0.2) is 4.80 Å². The van der Waals surface area contributed by atoms with Crippen LogP contribution in [0.4, 0.5) is 0 Å². The van der Waals surface area contributed by atoms with Crippen molar-refractivity contribution in [3.63, 3.8) is 0 Å². The van der Waals surface area contributed by atoms with Crippen LogP contribution in [-0.2, 0) is 14.3 Å². The number of para-hydroxylation sites is 1. The molecular formula is C37H34N4O6S. The number of esters is 2. The van der Waals surface area contributed by atoms with Gasteiger partial charge in [0.05, 0.1) is 52.9 Å². The number of thiazole rings is 1. The van der Waals surface area contributed by atoms with E-state index in [0.717, 1.165) is 22.6 Å². The highest BCUT2D eigenvalue weighted by molar-refractivity contribution is 7.07. The van der Waals surface area contributed by atoms with Crippen LogP contribution in [0.25, 0.3) is 23.0 Å². The first kappa shape index (κ1) is 32.4. The first-order valence-corrected chi connectivity index (χ1v) is 16.3. The zero-order valence-corrected chi connectivity index (χ0v) is 28.0. The third-order valence-corrected chi connectivity index (χ3v) is 8.70. The van der Waals surface area contributed by atoms with Crippen molar-refractivity contribution >= 4 is 29.4 Å². The highest BCUT2D eigenvalue weighted by Crippen LogP contribution is 2.32. The van der Waals surface area contributed by atoms with Gasteiger partial charge >= 0.3 is 11.9 Å². The molecule has 0 aliphatic carbocycles. The highest BCUT2D eigenvalue weighted by Gasteiger charge is 2.34. The van der Waals surface area contributed by atoms with Gasteiger partial charge in [-0.25, -0.2) is 19.3 Å². The molecule has 0 fully saturated rings. The second-order valence-electron chi connectivity index (χ2n) is 11.3. The van der Waals surface area contributed by atoms with Crippen molar-refractivity contribution in [3.8, 4) is 22.7 Å². The molecule has 244 valence electrons. The molecule has 0 N–H and O–H groups in total. The molecule has 6 rings (SSSR count). The Morgan fingerprint density at radius 3 is 2.33 bits per heavy atom. The number of carbonyl (C=O) groups excluding carboxylic acids is 2. The maximum absolute atomic E-state index is 14.4. The van der Waals surface area contributed by atoms with E-state index < -0.39 is 18.0 Å². The van der Waals surface area contributed by atoms with Gasteiger partial charge in [-0.15, -0.1) is 0 Å². The lowest BCUT2D eigenvalue weighted by atomic mass is 9.95. The Hall–Kier alpha value is -5.55. The van der Waals surface area contributed by atoms with Crippen molar-refractivity contribution in [1.82, 2.24) is 14.3 Å². The van der Waals surface area contributed by atoms with Crippen LogP contribution in [0, 0.1) is 0 Å². The fourth-order valence-corrected chi connectivity index (χ4v) is 6.58. The van der Waals surface area contributed by atoms with E-state index in [1.54, 1.807) is 49.7 Å². The fraction of sp³-hybridized carbons (Fsp3) is 0.216. The molecule has 0 amide bonds. The minimum absolute atomic E-state index is 0.250. The molecule has 1 aliphatic heterocycles. The standard InChI is InChI=1S/C37H34N4O6S/c1-6-46-29-18-16-24(17-19-29)32-27(21-40(39-32)28-10-8-7-9-11-28)20-30-34(42)41-33(25-12-14-26(15-13-25)35(43)45-5)31(36(44)47-22(2)3)23(4)38-37(41)48-30/h7-22,33H,6H2,1-5H3/b30-20-/t33-/m1/s1. The van der Waals surface area contributed by atoms with Gasteiger partial charge in [-0.05, 0) is 87.9 Å². The number of carbonyl (C=O) groups is 2. The first-order chi connectivity index (χ1) is 23.2. The molecule has 1 atom stereocenters. The average molecular weight is 663 g/mol. The van der Waals surface area contributed by atoms with E-state index in [1.807, 2.05) is 73.8 Å². The first-order valence-electron chi connectivity index (χ1n) is 15.5. The van der Waals surface area contributed by atoms with Crippen molar-refractivity contribution in [2.24, 2.45) is 4.99 Å². The van der Waals surface area contributed by atoms with Gasteiger partial charge in [0.1, 0.15) is 11.4 Å². The van der Waals surface area contributed by atoms with Crippen molar-refractivity contribution in [2.45, 2.75) is 39.8 Å². The Kier molecular flexibility index (Phi) is 9.22. The summed E-state index contributed by atoms with van der Waals surface area (Å²) in [5, 5.41) is 4.91. The van der Waals surface area contributed by atoms with E-state index in [4.69, 9.17) is 24.3 Å². The number of aromatic nitrogens is 3. The van der Waals surface area contributed by atoms with Gasteiger partial charge in [-0.3, -0.25) is 9.36 Å². The van der Waals surface area contributed by atoms with Crippen molar-refractivity contribution < 1.29 is 23.8 Å². The molecule has 1 aliphatic rings. The molecule has 0 saturated heterocycles. The summed E-state index contributed by atoms with van der Waals surface area (Å²) in [5.41, 5.74) is 4.46. The summed E-state index contributed by atoms with van der Waals surface area (Å²) in [6, 6.07) is 23.2. The van der Waals surface area contributed by atoms with E-state index in [1.165, 1.54) is 23.0 Å². The van der Waals surface area contributed by atoms with Crippen LogP contribution >= 0.6 is 11.3 Å². The summed E-state index contributed by atoms with van der Waals surface area (Å²) in [6.45, 7) is 7.75. The molecule has 2 aromatic heterocycles. The Balaban J connectivity index is 1.52. The van der Waals surface area contributed by atoms with E-state index in [2.05, 4.69) is 0 Å². The predicted molar refractivity (Wildman–Crippen MR) is 183 cm³/mol. The monoisotopic (exact) mass is 662 g/mol. The van der Waals surface area contributed by atoms with Crippen LogP contribution in [0.1, 0.15) is 55.2 Å². The van der Waals surface area contributed by atoms with Crippen LogP contribution in [0.3, 0.4) is 0 Å². The number of ether oxygens (including phenoxy) is 3. The van der Waals surface area contributed by atoms with Gasteiger partial charge in [0.25, 0.3) is 5.56 Å². The van der Waals surface area contributed by atoms with Gasteiger partial charge in [0, 0.05) is 17.3 Å². The van der Waals surface area contributed by atoms with Crippen LogP contribution in [0.5, 0.6) is 5.75 Å². The second kappa shape index (κ2) is 13.7. The quantitative estimate of drug-likeness (QED) is 0.199. The number of nitrogens with zero attached hydrogens (tertiary/aromatic N) is 4. The van der Waals surface area contributed by atoms with Gasteiger partial charge in [-0.2, -0.15) is 5.10 Å². The fourth-order valence-electron chi connectivity index (χ4n) is 5.54. The van der Waals surface area contributed by atoms with Crippen LogP contribution in [0.15, 0.2) is 106 Å². The van der Waals surface area contributed by atoms with E-state index in [9.17, 15) is 14.4 Å². The predicted octanol–water partition coefficient (Wildman–Crippen LogP) is 5.22. The SMILES string of the molecule is CCOc1ccc(-c2nn(-c3ccccc3)cc2/C=c2\sc3n(c2=O)[C@H](c2ccc(C(=O)OC)cc2)C(C(=O)OC(C)C)=C(C)N=3)cc1. The lowest BCUT2D eigenvalue weighted by Gasteiger charge is -2.25. The molecule has 0 saturated carbocycles. The van der Waals surface area contributed by atoms with Gasteiger partial charge in [0.2, 0.25) is 0 Å². The normalized spacial score (nSPS) is 14.5. The molecular weight excluding hydrogens is 628 g/mol. The molecule has 0 radical (unpaired) electrons. The average Bonchev–Trinajstić information content (AvgIpc) is 3.64. The minimum Gasteiger partial charge on any atom is -0.494 e. The summed E-state index contributed by atoms with van der Waals surface area (Å²) >= 11 is 1.23. The van der Waals surface area contributed by atoms with Crippen LogP contribution in [-0.4, -0.2) is 46.1 Å². The van der Waals surface area contributed by atoms with Gasteiger partial charge < -0.3 is 14.2 Å². The van der Waals surface area contributed by atoms with E-state index in [-0.39, 0.29) is 17.2 Å². The lowest BCUT2D eigenvalue weighted by Crippen LogP contribution is -2.40. The smallest absolute Gasteiger partial charge is 0.338 e. The number of allylic oxidation sites excluding steroid dienone is 1. The van der Waals surface area contributed by atoms with Crippen LogP contribution < -0.4 is 19.6 Å². The largest absolute Gasteiger partial charge is 0.494 e. The number of rotatable bonds is 9. The molecule has 0 unspecified atom stereocenters. The zero-order chi connectivity index (χ0) is 33.9. The topological polar surface area (TPSA) is 114 Å². The van der Waals surface area contributed by atoms with Crippen molar-refractivity contribution in [2.75, 3.05) is 13.7 Å². The summed E-state index contributed by atoms with van der Waals surface area (Å²) in [5.74, 6) is -0.305. The number of benzene rings is 3. The maximum Gasteiger partial charge on any atom is 0.338 e. The zero-order valence-electron chi connectivity index (χ0n) is 27.2. The Morgan fingerprint density at radius 2 is 1.69 bits per heavy atom. The van der Waals surface area contributed by atoms with E-state index >= 15 is 0 Å². The molecule has 0 spiro atoms. The highest BCUT2D eigenvalue weighted by atomic mass is 32.1. The summed E-state index contributed by atoms with van der Waals surface area (Å²) in [7, 11) is 1.31. The lowest BCUT2D eigenvalue weighted by molar-refractivity contribution is -0.143. The Bertz CT molecular complexity index is 2190. The molecule has 3 heterocycles. The Labute approximate surface area is 280 Å². The second-order valence-corrected chi connectivity index (χ2v) is 12.3. The molecule has 48 heavy (non-hydrogen) atoms. The van der Waals surface area contributed by atoms with Crippen molar-refractivity contribution in [3.05, 3.63) is 133 Å². The van der Waals surface area contributed by atoms with Crippen LogP contribution in [0.2, 0.25) is 0 Å². The third-order valence-electron chi connectivity index (χ3n) is 7.72. The van der Waals surface area contributed by atoms with E-state index in [0.29, 0.717) is 38.5 Å². The Morgan fingerprint density at radius 1 is 0.979 bits per heavy atom. The number of fused-ring (bicyclic) bond motifs is 1. The molecule has 11 heteroatoms. The van der Waals surface area contributed by atoms with Gasteiger partial charge in [-0.1, -0.05) is 41.7 Å². The molecule has 10 nitrogen and oxygen atoms in total. The molecule has 5 aromatic rings. The summed E-state index contributed by atoms with van der Waals surface area (Å²) in [4.78, 5) is 45.1. The summed E-state index contributed by atoms with van der Waals surface area (Å²) < 4.78 is 19.8. The summed E-state index contributed by atoms with van der Waals surface area (Å²) in [6.07, 6.45) is 3.32. The number of hydrogen-bond acceptors (Lipinski definition) is 9. The molecule has 0 bridgehead atoms.